The molecular formula is C21H24N4O5S. The van der Waals surface area contributed by atoms with Crippen molar-refractivity contribution in [1.82, 2.24) is 15.5 Å². The van der Waals surface area contributed by atoms with E-state index in [0.29, 0.717) is 17.9 Å². The number of nitrogens with one attached hydrogen (secondary N) is 1. The van der Waals surface area contributed by atoms with Crippen LogP contribution in [-0.4, -0.2) is 44.4 Å². The summed E-state index contributed by atoms with van der Waals surface area (Å²) in [6, 6.07) is 16.0. The van der Waals surface area contributed by atoms with Crippen LogP contribution in [0.25, 0.3) is 11.4 Å². The second kappa shape index (κ2) is 10.1. The summed E-state index contributed by atoms with van der Waals surface area (Å²) in [6.07, 6.45) is 1.68. The number of para-hydroxylation sites is 1. The van der Waals surface area contributed by atoms with Gasteiger partial charge < -0.3 is 14.6 Å². The molecule has 1 heterocycles. The van der Waals surface area contributed by atoms with Gasteiger partial charge in [0.1, 0.15) is 5.75 Å². The van der Waals surface area contributed by atoms with Crippen LogP contribution in [0.1, 0.15) is 18.7 Å². The number of aromatic nitrogens is 2. The number of sulfonamides is 1. The van der Waals surface area contributed by atoms with E-state index in [2.05, 4.69) is 15.5 Å². The van der Waals surface area contributed by atoms with Crippen molar-refractivity contribution < 1.29 is 22.5 Å². The van der Waals surface area contributed by atoms with Crippen LogP contribution in [0.2, 0.25) is 0 Å². The Labute approximate surface area is 181 Å². The van der Waals surface area contributed by atoms with Gasteiger partial charge in [0.2, 0.25) is 27.6 Å². The van der Waals surface area contributed by atoms with Gasteiger partial charge in [0.15, 0.2) is 0 Å². The van der Waals surface area contributed by atoms with Gasteiger partial charge in [0, 0.05) is 18.5 Å². The maximum Gasteiger partial charge on any atom is 0.246 e. The molecule has 0 fully saturated rings. The maximum absolute atomic E-state index is 12.1. The Morgan fingerprint density at radius 3 is 2.48 bits per heavy atom. The number of hydrogen-bond acceptors (Lipinski definition) is 7. The molecule has 0 aliphatic rings. The Balaban J connectivity index is 1.48. The number of benzene rings is 2. The third-order valence-corrected chi connectivity index (χ3v) is 5.66. The zero-order chi connectivity index (χ0) is 22.3. The Kier molecular flexibility index (Phi) is 7.24. The van der Waals surface area contributed by atoms with Gasteiger partial charge in [-0.25, -0.2) is 8.42 Å². The maximum atomic E-state index is 12.1. The second-order valence-electron chi connectivity index (χ2n) is 6.79. The quantitative estimate of drug-likeness (QED) is 0.511. The fraction of sp³-hybridized carbons (Fsp3) is 0.286. The molecule has 0 unspecified atom stereocenters. The summed E-state index contributed by atoms with van der Waals surface area (Å²) in [5.41, 5.74) is 1.34. The van der Waals surface area contributed by atoms with E-state index in [1.165, 1.54) is 4.31 Å². The summed E-state index contributed by atoms with van der Waals surface area (Å²) >= 11 is 0. The zero-order valence-electron chi connectivity index (χ0n) is 17.3. The Bertz CT molecular complexity index is 1100. The Morgan fingerprint density at radius 2 is 1.84 bits per heavy atom. The van der Waals surface area contributed by atoms with Crippen molar-refractivity contribution in [1.29, 1.82) is 0 Å². The fourth-order valence-electron chi connectivity index (χ4n) is 2.91. The van der Waals surface area contributed by atoms with Gasteiger partial charge in [-0.3, -0.25) is 9.10 Å². The monoisotopic (exact) mass is 444 g/mol. The molecule has 164 valence electrons. The van der Waals surface area contributed by atoms with Crippen LogP contribution in [0.15, 0.2) is 59.1 Å². The lowest BCUT2D eigenvalue weighted by molar-refractivity contribution is -0.121. The van der Waals surface area contributed by atoms with Crippen molar-refractivity contribution in [2.75, 3.05) is 24.2 Å². The van der Waals surface area contributed by atoms with Crippen LogP contribution in [0.4, 0.5) is 5.69 Å². The van der Waals surface area contributed by atoms with E-state index in [9.17, 15) is 13.2 Å². The Morgan fingerprint density at radius 1 is 1.13 bits per heavy atom. The normalized spacial score (nSPS) is 11.2. The third-order valence-electron chi connectivity index (χ3n) is 4.46. The molecule has 0 atom stereocenters. The van der Waals surface area contributed by atoms with E-state index in [4.69, 9.17) is 9.26 Å². The first kappa shape index (κ1) is 22.3. The van der Waals surface area contributed by atoms with E-state index >= 15 is 0 Å². The molecule has 0 radical (unpaired) electrons. The molecule has 2 aromatic carbocycles. The zero-order valence-corrected chi connectivity index (χ0v) is 18.1. The molecular weight excluding hydrogens is 420 g/mol. The molecule has 1 amide bonds. The summed E-state index contributed by atoms with van der Waals surface area (Å²) in [7, 11) is -1.85. The van der Waals surface area contributed by atoms with E-state index in [-0.39, 0.29) is 31.3 Å². The summed E-state index contributed by atoms with van der Waals surface area (Å²) in [5.74, 6) is 1.19. The summed E-state index contributed by atoms with van der Waals surface area (Å²) in [6.45, 7) is 0.301. The van der Waals surface area contributed by atoms with E-state index in [1.54, 1.807) is 43.5 Å². The van der Waals surface area contributed by atoms with Crippen molar-refractivity contribution >= 4 is 21.6 Å². The van der Waals surface area contributed by atoms with E-state index in [0.717, 1.165) is 17.6 Å². The van der Waals surface area contributed by atoms with Gasteiger partial charge in [-0.2, -0.15) is 4.98 Å². The summed E-state index contributed by atoms with van der Waals surface area (Å²) in [5, 5.41) is 6.63. The van der Waals surface area contributed by atoms with Crippen LogP contribution in [-0.2, 0) is 21.4 Å². The number of nitrogens with zero attached hydrogens (tertiary/aromatic N) is 3. The number of ether oxygens (including phenoxy) is 1. The first-order chi connectivity index (χ1) is 14.9. The average Bonchev–Trinajstić information content (AvgIpc) is 3.24. The molecule has 0 saturated heterocycles. The molecule has 1 N–H and O–H groups in total. The first-order valence-corrected chi connectivity index (χ1v) is 11.5. The lowest BCUT2D eigenvalue weighted by Gasteiger charge is -2.22. The number of amides is 1. The lowest BCUT2D eigenvalue weighted by atomic mass is 10.2. The van der Waals surface area contributed by atoms with E-state index < -0.39 is 10.0 Å². The van der Waals surface area contributed by atoms with Crippen LogP contribution in [0.5, 0.6) is 5.75 Å². The SMILES string of the molecule is COc1ccc(-c2noc(CNC(=O)CCCN(c3ccccc3)S(C)(=O)=O)n2)cc1. The van der Waals surface area contributed by atoms with Gasteiger partial charge >= 0.3 is 0 Å². The highest BCUT2D eigenvalue weighted by Crippen LogP contribution is 2.20. The van der Waals surface area contributed by atoms with Gasteiger partial charge in [-0.05, 0) is 42.8 Å². The molecule has 0 bridgehead atoms. The molecule has 3 aromatic rings. The molecule has 0 saturated carbocycles. The van der Waals surface area contributed by atoms with E-state index in [1.807, 2.05) is 18.2 Å². The van der Waals surface area contributed by atoms with Gasteiger partial charge in [-0.1, -0.05) is 23.4 Å². The van der Waals surface area contributed by atoms with Crippen molar-refractivity contribution in [3.63, 3.8) is 0 Å². The molecule has 0 aliphatic heterocycles. The Hall–Kier alpha value is -3.40. The predicted octanol–water partition coefficient (Wildman–Crippen LogP) is 2.61. The number of carbonyl (C=O) groups is 1. The van der Waals surface area contributed by atoms with Crippen molar-refractivity contribution in [2.45, 2.75) is 19.4 Å². The fourth-order valence-corrected chi connectivity index (χ4v) is 3.88. The van der Waals surface area contributed by atoms with Crippen LogP contribution >= 0.6 is 0 Å². The number of carbonyl (C=O) groups excluding carboxylic acids is 1. The first-order valence-electron chi connectivity index (χ1n) is 9.63. The number of anilines is 1. The third kappa shape index (κ3) is 6.29. The largest absolute Gasteiger partial charge is 0.497 e. The van der Waals surface area contributed by atoms with Crippen molar-refractivity contribution in [2.24, 2.45) is 0 Å². The highest BCUT2D eigenvalue weighted by Gasteiger charge is 2.17. The number of methoxy groups -OCH3 is 1. The smallest absolute Gasteiger partial charge is 0.246 e. The van der Waals surface area contributed by atoms with Crippen LogP contribution in [0.3, 0.4) is 0 Å². The molecule has 3 rings (SSSR count). The molecule has 31 heavy (non-hydrogen) atoms. The van der Waals surface area contributed by atoms with Crippen LogP contribution < -0.4 is 14.4 Å². The molecule has 0 aliphatic carbocycles. The summed E-state index contributed by atoms with van der Waals surface area (Å²) in [4.78, 5) is 16.4. The van der Waals surface area contributed by atoms with Gasteiger partial charge in [-0.15, -0.1) is 0 Å². The van der Waals surface area contributed by atoms with Crippen molar-refractivity contribution in [3.8, 4) is 17.1 Å². The summed E-state index contributed by atoms with van der Waals surface area (Å²) < 4.78 is 35.7. The molecule has 9 nitrogen and oxygen atoms in total. The van der Waals surface area contributed by atoms with Gasteiger partial charge in [0.25, 0.3) is 0 Å². The van der Waals surface area contributed by atoms with Crippen molar-refractivity contribution in [3.05, 3.63) is 60.5 Å². The minimum Gasteiger partial charge on any atom is -0.497 e. The second-order valence-corrected chi connectivity index (χ2v) is 8.70. The predicted molar refractivity (Wildman–Crippen MR) is 116 cm³/mol. The molecule has 0 spiro atoms. The van der Waals surface area contributed by atoms with Gasteiger partial charge in [0.05, 0.1) is 25.6 Å². The minimum atomic E-state index is -3.44. The highest BCUT2D eigenvalue weighted by atomic mass is 32.2. The topological polar surface area (TPSA) is 115 Å². The van der Waals surface area contributed by atoms with Crippen LogP contribution in [0, 0.1) is 0 Å². The minimum absolute atomic E-state index is 0.0937. The lowest BCUT2D eigenvalue weighted by Crippen LogP contribution is -2.32. The highest BCUT2D eigenvalue weighted by molar-refractivity contribution is 7.92. The number of rotatable bonds is 10. The average molecular weight is 445 g/mol. The molecule has 1 aromatic heterocycles. The number of hydrogen-bond donors (Lipinski definition) is 1. The standard InChI is InChI=1S/C21H24N4O5S/c1-29-18-12-10-16(11-13-18)21-23-20(30-24-21)15-22-19(26)9-6-14-25(31(2,27)28)17-7-4-3-5-8-17/h3-5,7-8,10-13H,6,9,14-15H2,1-2H3,(H,22,26). The molecule has 10 heteroatoms.